The minimum Gasteiger partial charge on any atom is -0.326 e. The minimum atomic E-state index is -1.16. The topological polar surface area (TPSA) is 116 Å². The summed E-state index contributed by atoms with van der Waals surface area (Å²) in [5.41, 5.74) is 2.29. The van der Waals surface area contributed by atoms with Crippen LogP contribution in [0.4, 0.5) is 27.8 Å². The fourth-order valence-corrected chi connectivity index (χ4v) is 4.17. The van der Waals surface area contributed by atoms with Crippen LogP contribution in [0.1, 0.15) is 30.9 Å². The van der Waals surface area contributed by atoms with Crippen molar-refractivity contribution in [3.8, 4) is 0 Å². The van der Waals surface area contributed by atoms with E-state index in [1.165, 1.54) is 12.8 Å². The summed E-state index contributed by atoms with van der Waals surface area (Å²) in [7, 11) is 0. The maximum Gasteiger partial charge on any atom is 0.247 e. The normalized spacial score (nSPS) is 20.3. The molecule has 1 saturated heterocycles. The lowest BCUT2D eigenvalue weighted by Gasteiger charge is -2.24. The second kappa shape index (κ2) is 7.84. The predicted molar refractivity (Wildman–Crippen MR) is 120 cm³/mol. The van der Waals surface area contributed by atoms with E-state index in [0.29, 0.717) is 29.0 Å². The number of hydrogen-bond donors (Lipinski definition) is 3. The number of rotatable bonds is 6. The van der Waals surface area contributed by atoms with Crippen LogP contribution in [0, 0.1) is 0 Å². The number of carbonyl (C=O) groups is 1. The first kappa shape index (κ1) is 19.6. The first-order chi connectivity index (χ1) is 16.1. The summed E-state index contributed by atoms with van der Waals surface area (Å²) >= 11 is 0. The molecule has 33 heavy (non-hydrogen) atoms. The van der Waals surface area contributed by atoms with E-state index in [0.717, 1.165) is 5.69 Å². The first-order valence-electron chi connectivity index (χ1n) is 10.9. The first-order valence-corrected chi connectivity index (χ1v) is 10.9. The van der Waals surface area contributed by atoms with Gasteiger partial charge in [0.15, 0.2) is 5.82 Å². The Morgan fingerprint density at radius 2 is 2.12 bits per heavy atom. The van der Waals surface area contributed by atoms with Crippen LogP contribution >= 0.6 is 0 Å². The van der Waals surface area contributed by atoms with Gasteiger partial charge < -0.3 is 15.5 Å². The molecule has 1 saturated carbocycles. The third kappa shape index (κ3) is 3.86. The average molecular weight is 447 g/mol. The minimum absolute atomic E-state index is 0.0374. The number of aromatic amines is 1. The van der Waals surface area contributed by atoms with Crippen molar-refractivity contribution in [2.75, 3.05) is 22.1 Å². The van der Waals surface area contributed by atoms with E-state index in [2.05, 4.69) is 35.8 Å². The molecule has 1 amide bonds. The van der Waals surface area contributed by atoms with Gasteiger partial charge in [0.05, 0.1) is 18.4 Å². The largest absolute Gasteiger partial charge is 0.326 e. The number of aromatic nitrogens is 6. The Morgan fingerprint density at radius 3 is 2.94 bits per heavy atom. The van der Waals surface area contributed by atoms with Crippen molar-refractivity contribution < 1.29 is 9.18 Å². The smallest absolute Gasteiger partial charge is 0.247 e. The van der Waals surface area contributed by atoms with Gasteiger partial charge in [-0.25, -0.2) is 4.39 Å². The number of amides is 1. The maximum absolute atomic E-state index is 14.5. The molecular weight excluding hydrogens is 425 g/mol. The van der Waals surface area contributed by atoms with Gasteiger partial charge in [-0.15, -0.1) is 0 Å². The van der Waals surface area contributed by atoms with Crippen LogP contribution in [0.5, 0.6) is 0 Å². The predicted octanol–water partition coefficient (Wildman–Crippen LogP) is 3.02. The fourth-order valence-electron chi connectivity index (χ4n) is 4.17. The number of carbonyl (C=O) groups excluding carboxylic acids is 1. The van der Waals surface area contributed by atoms with Gasteiger partial charge in [0.1, 0.15) is 17.9 Å². The number of halogens is 1. The van der Waals surface area contributed by atoms with Crippen molar-refractivity contribution in [1.82, 2.24) is 29.5 Å². The molecule has 0 aromatic carbocycles. The highest BCUT2D eigenvalue weighted by molar-refractivity contribution is 5.97. The molecule has 11 heteroatoms. The van der Waals surface area contributed by atoms with E-state index in [9.17, 15) is 9.18 Å². The van der Waals surface area contributed by atoms with Crippen LogP contribution in [-0.2, 0) is 4.79 Å². The zero-order valence-electron chi connectivity index (χ0n) is 17.6. The second-order valence-electron chi connectivity index (χ2n) is 8.42. The van der Waals surface area contributed by atoms with E-state index >= 15 is 0 Å². The van der Waals surface area contributed by atoms with Gasteiger partial charge in [0, 0.05) is 36.5 Å². The molecule has 1 aliphatic carbocycles. The quantitative estimate of drug-likeness (QED) is 0.416. The Hall–Kier alpha value is -4.02. The molecule has 2 aliphatic rings. The van der Waals surface area contributed by atoms with Gasteiger partial charge in [-0.3, -0.25) is 19.3 Å². The molecule has 4 aromatic rings. The fraction of sp³-hybridized carbons (Fsp3) is 0.318. The number of pyridine rings is 1. The Labute approximate surface area is 188 Å². The molecule has 168 valence electrons. The third-order valence-corrected chi connectivity index (χ3v) is 5.97. The number of alkyl halides is 1. The number of anilines is 4. The lowest BCUT2D eigenvalue weighted by Crippen LogP contribution is -2.40. The van der Waals surface area contributed by atoms with E-state index in [4.69, 9.17) is 0 Å². The zero-order chi connectivity index (χ0) is 22.4. The van der Waals surface area contributed by atoms with Gasteiger partial charge in [-0.2, -0.15) is 15.1 Å². The highest BCUT2D eigenvalue weighted by Crippen LogP contribution is 2.39. The highest BCUT2D eigenvalue weighted by atomic mass is 19.1. The number of H-pyrrole nitrogens is 1. The van der Waals surface area contributed by atoms with Gasteiger partial charge >= 0.3 is 0 Å². The van der Waals surface area contributed by atoms with Gasteiger partial charge in [0.2, 0.25) is 17.8 Å². The molecule has 3 N–H and O–H groups in total. The lowest BCUT2D eigenvalue weighted by atomic mass is 10.2. The molecular formula is C22H22FN9O. The Morgan fingerprint density at radius 1 is 1.21 bits per heavy atom. The van der Waals surface area contributed by atoms with Crippen LogP contribution in [0.15, 0.2) is 48.9 Å². The summed E-state index contributed by atoms with van der Waals surface area (Å²) in [6.45, 7) is 0.0374. The molecule has 4 aromatic heterocycles. The molecule has 5 heterocycles. The molecule has 10 nitrogen and oxygen atoms in total. The summed E-state index contributed by atoms with van der Waals surface area (Å²) in [6.07, 6.45) is 6.25. The highest BCUT2D eigenvalue weighted by Gasteiger charge is 2.39. The Bertz CT molecular complexity index is 1300. The number of nitrogens with one attached hydrogen (secondary N) is 3. The molecule has 0 radical (unpaired) electrons. The summed E-state index contributed by atoms with van der Waals surface area (Å²) in [5, 5.41) is 13.5. The van der Waals surface area contributed by atoms with Crippen LogP contribution in [-0.4, -0.2) is 54.2 Å². The van der Waals surface area contributed by atoms with E-state index < -0.39 is 12.2 Å². The van der Waals surface area contributed by atoms with Crippen molar-refractivity contribution in [2.45, 2.75) is 37.4 Å². The van der Waals surface area contributed by atoms with Crippen molar-refractivity contribution in [2.24, 2.45) is 0 Å². The van der Waals surface area contributed by atoms with Crippen molar-refractivity contribution >= 4 is 35.0 Å². The average Bonchev–Trinajstić information content (AvgIpc) is 3.20. The molecule has 0 spiro atoms. The second-order valence-corrected chi connectivity index (χ2v) is 8.42. The van der Waals surface area contributed by atoms with E-state index in [1.807, 2.05) is 24.4 Å². The van der Waals surface area contributed by atoms with Gasteiger partial charge in [-0.05, 0) is 37.1 Å². The van der Waals surface area contributed by atoms with Crippen molar-refractivity contribution in [3.05, 3.63) is 54.6 Å². The SMILES string of the molecule is O=C(Nc1cccnc1)[C@@H]1C[C@@H](F)CN1c1nc(Nc2cc(C3CC3)[nH]n2)n2cccc2n1. The molecule has 1 aliphatic heterocycles. The molecule has 6 rings (SSSR count). The maximum atomic E-state index is 14.5. The number of nitrogens with zero attached hydrogens (tertiary/aromatic N) is 6. The van der Waals surface area contributed by atoms with E-state index in [1.54, 1.807) is 33.8 Å². The Balaban J connectivity index is 1.30. The summed E-state index contributed by atoms with van der Waals surface area (Å²) < 4.78 is 16.3. The monoisotopic (exact) mass is 447 g/mol. The zero-order valence-corrected chi connectivity index (χ0v) is 17.6. The van der Waals surface area contributed by atoms with E-state index in [-0.39, 0.29) is 24.8 Å². The third-order valence-electron chi connectivity index (χ3n) is 5.97. The van der Waals surface area contributed by atoms with Crippen LogP contribution in [0.2, 0.25) is 0 Å². The summed E-state index contributed by atoms with van der Waals surface area (Å²) in [5.74, 6) is 1.64. The van der Waals surface area contributed by atoms with Crippen LogP contribution in [0.25, 0.3) is 5.65 Å². The van der Waals surface area contributed by atoms with Crippen molar-refractivity contribution in [1.29, 1.82) is 0 Å². The standard InChI is InChI=1S/C22H22FN9O/c23-14-9-17(20(33)25-15-3-1-7-24-11-15)32(12-14)22-27-19-4-2-8-31(19)21(28-22)26-18-10-16(29-30-18)13-5-6-13/h1-4,7-8,10-11,13-14,17H,5-6,9,12H2,(H,25,33)(H2,26,27,28,29,30)/t14-,17+/m1/s1. The number of hydrogen-bond acceptors (Lipinski definition) is 7. The van der Waals surface area contributed by atoms with Gasteiger partial charge in [0.25, 0.3) is 0 Å². The van der Waals surface area contributed by atoms with Crippen molar-refractivity contribution in [3.63, 3.8) is 0 Å². The molecule has 2 atom stereocenters. The van der Waals surface area contributed by atoms with Crippen LogP contribution < -0.4 is 15.5 Å². The summed E-state index contributed by atoms with van der Waals surface area (Å²) in [6, 6.07) is 8.40. The van der Waals surface area contributed by atoms with Gasteiger partial charge in [-0.1, -0.05) is 0 Å². The molecule has 2 fully saturated rings. The molecule has 0 bridgehead atoms. The number of fused-ring (bicyclic) bond motifs is 1. The van der Waals surface area contributed by atoms with Crippen LogP contribution in [0.3, 0.4) is 0 Å². The lowest BCUT2D eigenvalue weighted by molar-refractivity contribution is -0.117. The Kier molecular flexibility index (Phi) is 4.67. The summed E-state index contributed by atoms with van der Waals surface area (Å²) in [4.78, 5) is 27.8. The molecule has 0 unspecified atom stereocenters.